The Balaban J connectivity index is 1.54. The van der Waals surface area contributed by atoms with E-state index in [1.807, 2.05) is 29.6 Å². The van der Waals surface area contributed by atoms with Crippen LogP contribution in [0.15, 0.2) is 35.8 Å². The topological polar surface area (TPSA) is 54.0 Å². The number of carbonyl (C=O) groups is 1. The van der Waals surface area contributed by atoms with Crippen LogP contribution < -0.4 is 10.6 Å². The summed E-state index contributed by atoms with van der Waals surface area (Å²) in [7, 11) is 0. The quantitative estimate of drug-likeness (QED) is 0.880. The number of anilines is 2. The number of rotatable bonds is 5. The number of thiazole rings is 1. The van der Waals surface area contributed by atoms with Crippen LogP contribution in [0.3, 0.4) is 0 Å². The summed E-state index contributed by atoms with van der Waals surface area (Å²) in [4.78, 5) is 15.8. The first-order chi connectivity index (χ1) is 9.31. The second-order valence-electron chi connectivity index (χ2n) is 4.62. The summed E-state index contributed by atoms with van der Waals surface area (Å²) in [5.41, 5.74) is 1.89. The summed E-state index contributed by atoms with van der Waals surface area (Å²) in [5, 5.41) is 9.25. The molecular weight excluding hydrogens is 258 g/mol. The number of carbonyl (C=O) groups excluding carboxylic acids is 1. The molecule has 1 amide bonds. The van der Waals surface area contributed by atoms with Gasteiger partial charge in [0.15, 0.2) is 0 Å². The Morgan fingerprint density at radius 3 is 2.63 bits per heavy atom. The Labute approximate surface area is 115 Å². The number of hydrogen-bond donors (Lipinski definition) is 2. The van der Waals surface area contributed by atoms with Crippen molar-refractivity contribution < 1.29 is 4.79 Å². The smallest absolute Gasteiger partial charge is 0.227 e. The Morgan fingerprint density at radius 1 is 1.26 bits per heavy atom. The second kappa shape index (κ2) is 5.40. The Bertz CT molecular complexity index is 547. The minimum atomic E-state index is 0.142. The molecular formula is C14H15N3OS. The lowest BCUT2D eigenvalue weighted by Gasteiger charge is -2.07. The summed E-state index contributed by atoms with van der Waals surface area (Å²) in [6.07, 6.45) is 3.86. The molecule has 0 atom stereocenters. The molecule has 1 aromatic carbocycles. The lowest BCUT2D eigenvalue weighted by molar-refractivity contribution is -0.117. The van der Waals surface area contributed by atoms with Gasteiger partial charge in [0.1, 0.15) is 5.01 Å². The third-order valence-corrected chi connectivity index (χ3v) is 3.81. The van der Waals surface area contributed by atoms with Gasteiger partial charge in [-0.3, -0.25) is 4.79 Å². The van der Waals surface area contributed by atoms with E-state index in [9.17, 15) is 4.79 Å². The molecule has 98 valence electrons. The average Bonchev–Trinajstić information content (AvgIpc) is 3.16. The third kappa shape index (κ3) is 3.32. The van der Waals surface area contributed by atoms with Gasteiger partial charge in [0.2, 0.25) is 5.91 Å². The molecule has 0 radical (unpaired) electrons. The van der Waals surface area contributed by atoms with E-state index >= 15 is 0 Å². The highest BCUT2D eigenvalue weighted by molar-refractivity contribution is 7.09. The molecule has 0 spiro atoms. The number of nitrogens with one attached hydrogen (secondary N) is 2. The van der Waals surface area contributed by atoms with Crippen molar-refractivity contribution in [2.45, 2.75) is 19.4 Å². The number of hydrogen-bond acceptors (Lipinski definition) is 4. The molecule has 0 unspecified atom stereocenters. The zero-order chi connectivity index (χ0) is 13.1. The van der Waals surface area contributed by atoms with Gasteiger partial charge in [-0.05, 0) is 37.1 Å². The highest BCUT2D eigenvalue weighted by atomic mass is 32.1. The van der Waals surface area contributed by atoms with Gasteiger partial charge in [-0.15, -0.1) is 11.3 Å². The van der Waals surface area contributed by atoms with E-state index < -0.39 is 0 Å². The van der Waals surface area contributed by atoms with Gasteiger partial charge < -0.3 is 10.6 Å². The maximum absolute atomic E-state index is 11.6. The summed E-state index contributed by atoms with van der Waals surface area (Å²) >= 11 is 1.63. The molecule has 2 N–H and O–H groups in total. The minimum absolute atomic E-state index is 0.142. The zero-order valence-corrected chi connectivity index (χ0v) is 11.2. The van der Waals surface area contributed by atoms with Gasteiger partial charge >= 0.3 is 0 Å². The Morgan fingerprint density at radius 2 is 2.00 bits per heavy atom. The first-order valence-electron chi connectivity index (χ1n) is 6.34. The van der Waals surface area contributed by atoms with E-state index in [0.29, 0.717) is 0 Å². The van der Waals surface area contributed by atoms with E-state index in [2.05, 4.69) is 15.6 Å². The van der Waals surface area contributed by atoms with Crippen LogP contribution in [0.5, 0.6) is 0 Å². The molecule has 1 aliphatic carbocycles. The van der Waals surface area contributed by atoms with Crippen LogP contribution in [0.2, 0.25) is 0 Å². The maximum atomic E-state index is 11.6. The molecule has 3 rings (SSSR count). The SMILES string of the molecule is O=C(Nc1ccc(NCc2nccs2)cc1)C1CC1. The van der Waals surface area contributed by atoms with Crippen LogP contribution in [0.4, 0.5) is 11.4 Å². The first kappa shape index (κ1) is 12.2. The summed E-state index contributed by atoms with van der Waals surface area (Å²) in [6.45, 7) is 0.728. The van der Waals surface area contributed by atoms with Crippen molar-refractivity contribution in [3.63, 3.8) is 0 Å². The number of aromatic nitrogens is 1. The van der Waals surface area contributed by atoms with Crippen molar-refractivity contribution in [1.29, 1.82) is 0 Å². The van der Waals surface area contributed by atoms with Gasteiger partial charge in [-0.2, -0.15) is 0 Å². The fourth-order valence-electron chi connectivity index (χ4n) is 1.78. The second-order valence-corrected chi connectivity index (χ2v) is 5.60. The van der Waals surface area contributed by atoms with Crippen LogP contribution in [-0.4, -0.2) is 10.9 Å². The molecule has 5 heteroatoms. The summed E-state index contributed by atoms with van der Waals surface area (Å²) < 4.78 is 0. The molecule has 1 fully saturated rings. The third-order valence-electron chi connectivity index (χ3n) is 3.03. The Hall–Kier alpha value is -1.88. The molecule has 1 aliphatic rings. The number of amides is 1. The van der Waals surface area contributed by atoms with Crippen LogP contribution in [0.25, 0.3) is 0 Å². The fourth-order valence-corrected chi connectivity index (χ4v) is 2.34. The van der Waals surface area contributed by atoms with Gasteiger partial charge in [-0.1, -0.05) is 0 Å². The predicted octanol–water partition coefficient (Wildman–Crippen LogP) is 3.10. The summed E-state index contributed by atoms with van der Waals surface area (Å²) in [5.74, 6) is 0.381. The standard InChI is InChI=1S/C14H15N3OS/c18-14(10-1-2-10)17-12-5-3-11(4-6-12)16-9-13-15-7-8-19-13/h3-8,10,16H,1-2,9H2,(H,17,18). The molecule has 0 bridgehead atoms. The number of benzene rings is 1. The molecule has 1 saturated carbocycles. The van der Waals surface area contributed by atoms with E-state index in [1.54, 1.807) is 17.5 Å². The Kier molecular flexibility index (Phi) is 3.46. The number of nitrogens with zero attached hydrogens (tertiary/aromatic N) is 1. The van der Waals surface area contributed by atoms with Crippen LogP contribution in [0, 0.1) is 5.92 Å². The van der Waals surface area contributed by atoms with E-state index in [4.69, 9.17) is 0 Å². The molecule has 0 saturated heterocycles. The van der Waals surface area contributed by atoms with Crippen molar-refractivity contribution in [2.24, 2.45) is 5.92 Å². The maximum Gasteiger partial charge on any atom is 0.227 e. The fraction of sp³-hybridized carbons (Fsp3) is 0.286. The molecule has 1 heterocycles. The minimum Gasteiger partial charge on any atom is -0.379 e. The largest absolute Gasteiger partial charge is 0.379 e. The first-order valence-corrected chi connectivity index (χ1v) is 7.22. The van der Waals surface area contributed by atoms with Crippen LogP contribution >= 0.6 is 11.3 Å². The van der Waals surface area contributed by atoms with Crippen molar-refractivity contribution in [3.05, 3.63) is 40.8 Å². The van der Waals surface area contributed by atoms with Crippen molar-refractivity contribution in [3.8, 4) is 0 Å². The highest BCUT2D eigenvalue weighted by Crippen LogP contribution is 2.30. The average molecular weight is 273 g/mol. The van der Waals surface area contributed by atoms with Gasteiger partial charge in [0.05, 0.1) is 6.54 Å². The molecule has 1 aromatic heterocycles. The van der Waals surface area contributed by atoms with Crippen molar-refractivity contribution in [1.82, 2.24) is 4.98 Å². The normalized spacial score (nSPS) is 14.1. The molecule has 19 heavy (non-hydrogen) atoms. The highest BCUT2D eigenvalue weighted by Gasteiger charge is 2.29. The monoisotopic (exact) mass is 273 g/mol. The van der Waals surface area contributed by atoms with Gasteiger partial charge in [0.25, 0.3) is 0 Å². The zero-order valence-electron chi connectivity index (χ0n) is 10.4. The molecule has 0 aliphatic heterocycles. The lowest BCUT2D eigenvalue weighted by Crippen LogP contribution is -2.13. The predicted molar refractivity (Wildman–Crippen MR) is 77.2 cm³/mol. The van der Waals surface area contributed by atoms with E-state index in [0.717, 1.165) is 35.8 Å². The van der Waals surface area contributed by atoms with Crippen LogP contribution in [0.1, 0.15) is 17.8 Å². The molecule has 2 aromatic rings. The summed E-state index contributed by atoms with van der Waals surface area (Å²) in [6, 6.07) is 7.78. The van der Waals surface area contributed by atoms with Gasteiger partial charge in [0, 0.05) is 28.9 Å². The van der Waals surface area contributed by atoms with E-state index in [-0.39, 0.29) is 11.8 Å². The van der Waals surface area contributed by atoms with E-state index in [1.165, 1.54) is 0 Å². The van der Waals surface area contributed by atoms with Crippen molar-refractivity contribution >= 4 is 28.6 Å². The molecule has 4 nitrogen and oxygen atoms in total. The van der Waals surface area contributed by atoms with Gasteiger partial charge in [-0.25, -0.2) is 4.98 Å². The van der Waals surface area contributed by atoms with Crippen LogP contribution in [-0.2, 0) is 11.3 Å². The van der Waals surface area contributed by atoms with Crippen molar-refractivity contribution in [2.75, 3.05) is 10.6 Å². The lowest BCUT2D eigenvalue weighted by atomic mass is 10.2.